The number of ether oxygens (including phenoxy) is 1. The molecule has 2 amide bonds. The maximum absolute atomic E-state index is 12.8. The Morgan fingerprint density at radius 2 is 1.97 bits per heavy atom. The number of nitrogens with one attached hydrogen (secondary N) is 2. The van der Waals surface area contributed by atoms with Crippen molar-refractivity contribution in [3.05, 3.63) is 59.3 Å². The molecule has 5 rings (SSSR count). The van der Waals surface area contributed by atoms with Gasteiger partial charge in [-0.3, -0.25) is 14.6 Å². The number of nitrogens with zero attached hydrogens (tertiary/aromatic N) is 2. The maximum Gasteiger partial charge on any atom is 0.254 e. The first-order valence-electron chi connectivity index (χ1n) is 9.82. The Labute approximate surface area is 172 Å². The minimum Gasteiger partial charge on any atom is -0.378 e. The smallest absolute Gasteiger partial charge is 0.254 e. The van der Waals surface area contributed by atoms with Gasteiger partial charge < -0.3 is 25.7 Å². The number of morpholine rings is 1. The summed E-state index contributed by atoms with van der Waals surface area (Å²) in [5.41, 5.74) is 8.94. The van der Waals surface area contributed by atoms with Crippen LogP contribution in [-0.4, -0.2) is 54.2 Å². The van der Waals surface area contributed by atoms with Crippen molar-refractivity contribution in [2.75, 3.05) is 26.3 Å². The van der Waals surface area contributed by atoms with Crippen LogP contribution < -0.4 is 11.1 Å². The third kappa shape index (κ3) is 3.11. The first kappa shape index (κ1) is 18.4. The Morgan fingerprint density at radius 3 is 2.70 bits per heavy atom. The van der Waals surface area contributed by atoms with Crippen molar-refractivity contribution in [3.63, 3.8) is 0 Å². The van der Waals surface area contributed by atoms with Gasteiger partial charge in [0.2, 0.25) is 0 Å². The summed E-state index contributed by atoms with van der Waals surface area (Å²) < 4.78 is 5.33. The number of aromatic amines is 1. The second-order valence-electron chi connectivity index (χ2n) is 7.37. The van der Waals surface area contributed by atoms with Gasteiger partial charge in [-0.05, 0) is 42.1 Å². The molecular formula is C22H21N5O3. The van der Waals surface area contributed by atoms with Crippen molar-refractivity contribution in [1.29, 1.82) is 0 Å². The van der Waals surface area contributed by atoms with Gasteiger partial charge in [0.1, 0.15) is 6.17 Å². The average Bonchev–Trinajstić information content (AvgIpc) is 3.16. The van der Waals surface area contributed by atoms with E-state index in [0.717, 1.165) is 21.9 Å². The van der Waals surface area contributed by atoms with Crippen LogP contribution in [0.5, 0.6) is 0 Å². The van der Waals surface area contributed by atoms with Crippen molar-refractivity contribution in [3.8, 4) is 0 Å². The molecule has 1 unspecified atom stereocenters. The number of rotatable bonds is 3. The minimum absolute atomic E-state index is 0.0257. The van der Waals surface area contributed by atoms with Gasteiger partial charge in [0.15, 0.2) is 0 Å². The lowest BCUT2D eigenvalue weighted by atomic mass is 10.0. The summed E-state index contributed by atoms with van der Waals surface area (Å²) in [5, 5.41) is 4.95. The summed E-state index contributed by atoms with van der Waals surface area (Å²) >= 11 is 0. The van der Waals surface area contributed by atoms with E-state index in [1.54, 1.807) is 17.2 Å². The highest BCUT2D eigenvalue weighted by Gasteiger charge is 2.21. The van der Waals surface area contributed by atoms with Crippen molar-refractivity contribution in [1.82, 2.24) is 15.2 Å². The average molecular weight is 403 g/mol. The number of hydrogen-bond donors (Lipinski definition) is 3. The fourth-order valence-electron chi connectivity index (χ4n) is 4.01. The number of benzene rings is 2. The van der Waals surface area contributed by atoms with Gasteiger partial charge in [0.25, 0.3) is 11.8 Å². The standard InChI is InChI=1S/C22H21N5O3/c23-20(28)17-11-14(21-24-4-1-5-25-21)10-16-15-3-2-13(12-18(15)26-19(16)17)22(29)27-6-8-30-9-7-27/h1-5,10-12,21,24,26H,6-9H2,(H2,23,28). The molecule has 3 aromatic rings. The van der Waals surface area contributed by atoms with Gasteiger partial charge in [-0.1, -0.05) is 6.07 Å². The molecule has 2 aliphatic rings. The summed E-state index contributed by atoms with van der Waals surface area (Å²) in [6.07, 6.45) is 5.05. The predicted molar refractivity (Wildman–Crippen MR) is 115 cm³/mol. The third-order valence-electron chi connectivity index (χ3n) is 5.53. The summed E-state index contributed by atoms with van der Waals surface area (Å²) in [6.45, 7) is 2.28. The van der Waals surface area contributed by atoms with Crippen LogP contribution in [0, 0.1) is 0 Å². The van der Waals surface area contributed by atoms with Crippen molar-refractivity contribution < 1.29 is 14.3 Å². The molecule has 4 N–H and O–H groups in total. The number of carbonyl (C=O) groups excluding carboxylic acids is 2. The van der Waals surface area contributed by atoms with E-state index in [4.69, 9.17) is 10.5 Å². The van der Waals surface area contributed by atoms with Crippen molar-refractivity contribution in [2.45, 2.75) is 6.17 Å². The Hall–Kier alpha value is -3.65. The normalized spacial score (nSPS) is 18.7. The maximum atomic E-state index is 12.8. The third-order valence-corrected chi connectivity index (χ3v) is 5.53. The molecule has 0 aliphatic carbocycles. The first-order valence-corrected chi connectivity index (χ1v) is 9.82. The fourth-order valence-corrected chi connectivity index (χ4v) is 4.01. The van der Waals surface area contributed by atoms with Crippen LogP contribution in [0.2, 0.25) is 0 Å². The molecule has 0 radical (unpaired) electrons. The van der Waals surface area contributed by atoms with Gasteiger partial charge in [0.05, 0.1) is 24.3 Å². The molecule has 3 heterocycles. The Balaban J connectivity index is 1.61. The van der Waals surface area contributed by atoms with Crippen molar-refractivity contribution >= 4 is 39.8 Å². The van der Waals surface area contributed by atoms with E-state index in [1.165, 1.54) is 0 Å². The fraction of sp³-hybridized carbons (Fsp3) is 0.227. The largest absolute Gasteiger partial charge is 0.378 e. The Kier molecular flexibility index (Phi) is 4.48. The first-order chi connectivity index (χ1) is 14.6. The van der Waals surface area contributed by atoms with Crippen LogP contribution in [0.3, 0.4) is 0 Å². The highest BCUT2D eigenvalue weighted by atomic mass is 16.5. The highest BCUT2D eigenvalue weighted by Crippen LogP contribution is 2.32. The van der Waals surface area contributed by atoms with E-state index in [1.807, 2.05) is 36.5 Å². The van der Waals surface area contributed by atoms with Gasteiger partial charge >= 0.3 is 0 Å². The van der Waals surface area contributed by atoms with E-state index in [0.29, 0.717) is 42.9 Å². The van der Waals surface area contributed by atoms with E-state index >= 15 is 0 Å². The second-order valence-corrected chi connectivity index (χ2v) is 7.37. The van der Waals surface area contributed by atoms with Crippen LogP contribution in [0.15, 0.2) is 47.6 Å². The Bertz CT molecular complexity index is 1220. The van der Waals surface area contributed by atoms with Crippen LogP contribution in [0.25, 0.3) is 21.8 Å². The molecule has 0 saturated carbocycles. The van der Waals surface area contributed by atoms with Gasteiger partial charge in [-0.2, -0.15) is 0 Å². The number of H-pyrrole nitrogens is 1. The predicted octanol–water partition coefficient (Wildman–Crippen LogP) is 2.08. The van der Waals surface area contributed by atoms with Gasteiger partial charge in [-0.15, -0.1) is 0 Å². The number of primary amides is 1. The van der Waals surface area contributed by atoms with Crippen LogP contribution in [0.4, 0.5) is 0 Å². The lowest BCUT2D eigenvalue weighted by molar-refractivity contribution is 0.0303. The number of hydrogen-bond acceptors (Lipinski definition) is 5. The van der Waals surface area contributed by atoms with Crippen LogP contribution >= 0.6 is 0 Å². The summed E-state index contributed by atoms with van der Waals surface area (Å²) in [5.74, 6) is -0.546. The number of nitrogens with two attached hydrogens (primary N) is 1. The summed E-state index contributed by atoms with van der Waals surface area (Å²) in [6, 6.07) is 9.32. The number of aliphatic imine (C=N–C) groups is 1. The number of carbonyl (C=O) groups is 2. The number of aromatic nitrogens is 1. The Morgan fingerprint density at radius 1 is 1.13 bits per heavy atom. The van der Waals surface area contributed by atoms with E-state index in [9.17, 15) is 9.59 Å². The molecule has 2 aliphatic heterocycles. The zero-order valence-electron chi connectivity index (χ0n) is 16.2. The molecule has 0 spiro atoms. The quantitative estimate of drug-likeness (QED) is 0.621. The van der Waals surface area contributed by atoms with E-state index in [2.05, 4.69) is 15.3 Å². The highest BCUT2D eigenvalue weighted by molar-refractivity contribution is 6.16. The lowest BCUT2D eigenvalue weighted by Crippen LogP contribution is -2.40. The molecule has 1 atom stereocenters. The molecule has 0 bridgehead atoms. The number of fused-ring (bicyclic) bond motifs is 3. The second kappa shape index (κ2) is 7.31. The summed E-state index contributed by atoms with van der Waals surface area (Å²) in [7, 11) is 0. The molecule has 1 aromatic heterocycles. The topological polar surface area (TPSA) is 113 Å². The molecule has 8 nitrogen and oxygen atoms in total. The zero-order chi connectivity index (χ0) is 20.7. The molecule has 1 fully saturated rings. The lowest BCUT2D eigenvalue weighted by Gasteiger charge is -2.26. The minimum atomic E-state index is -0.520. The van der Waals surface area contributed by atoms with Gasteiger partial charge in [0, 0.05) is 41.2 Å². The SMILES string of the molecule is NC(=O)c1cc(C2N=CC=CN2)cc2c1[nH]c1cc(C(=O)N3CCOCC3)ccc12. The zero-order valence-corrected chi connectivity index (χ0v) is 16.2. The summed E-state index contributed by atoms with van der Waals surface area (Å²) in [4.78, 5) is 34.5. The number of allylic oxidation sites excluding steroid dienone is 1. The molecule has 2 aromatic carbocycles. The molecule has 8 heteroatoms. The van der Waals surface area contributed by atoms with E-state index < -0.39 is 5.91 Å². The monoisotopic (exact) mass is 403 g/mol. The molecular weight excluding hydrogens is 382 g/mol. The molecule has 30 heavy (non-hydrogen) atoms. The van der Waals surface area contributed by atoms with Crippen LogP contribution in [0.1, 0.15) is 32.4 Å². The number of amides is 2. The van der Waals surface area contributed by atoms with Crippen LogP contribution in [-0.2, 0) is 4.74 Å². The van der Waals surface area contributed by atoms with E-state index in [-0.39, 0.29) is 12.1 Å². The molecule has 152 valence electrons. The van der Waals surface area contributed by atoms with Gasteiger partial charge in [-0.25, -0.2) is 0 Å². The molecule has 1 saturated heterocycles. The van der Waals surface area contributed by atoms with Crippen molar-refractivity contribution in [2.24, 2.45) is 10.7 Å².